The Morgan fingerprint density at radius 3 is 2.47 bits per heavy atom. The fraction of sp³-hybridized carbons (Fsp3) is 0.208. The SMILES string of the molecule is COc1ccc([C@H]2CC(=O)N(Cc3ccc(F)cc3)c3ccccc3S2)cc1OC. The number of para-hydroxylation sites is 1. The second kappa shape index (κ2) is 8.79. The summed E-state index contributed by atoms with van der Waals surface area (Å²) in [6.07, 6.45) is 0.343. The summed E-state index contributed by atoms with van der Waals surface area (Å²) in [6, 6.07) is 20.0. The molecule has 1 aliphatic heterocycles. The molecule has 0 N–H and O–H groups in total. The first-order chi connectivity index (χ1) is 14.6. The van der Waals surface area contributed by atoms with E-state index >= 15 is 0 Å². The maximum absolute atomic E-state index is 13.3. The van der Waals surface area contributed by atoms with Crippen LogP contribution in [0, 0.1) is 5.82 Å². The minimum atomic E-state index is -0.287. The molecule has 1 aliphatic rings. The van der Waals surface area contributed by atoms with Gasteiger partial charge < -0.3 is 14.4 Å². The van der Waals surface area contributed by atoms with Crippen molar-refractivity contribution >= 4 is 23.4 Å². The standard InChI is InChI=1S/C24H22FNO3S/c1-28-20-12-9-17(13-21(20)29-2)23-14-24(27)26(15-16-7-10-18(25)11-8-16)19-5-3-4-6-22(19)30-23/h3-13,23H,14-15H2,1-2H3/t23-/m1/s1. The van der Waals surface area contributed by atoms with Crippen molar-refractivity contribution in [2.45, 2.75) is 23.1 Å². The Balaban J connectivity index is 1.68. The molecule has 1 heterocycles. The Hall–Kier alpha value is -2.99. The second-order valence-corrected chi connectivity index (χ2v) is 8.24. The van der Waals surface area contributed by atoms with E-state index in [9.17, 15) is 9.18 Å². The van der Waals surface area contributed by atoms with Crippen molar-refractivity contribution in [3.05, 3.63) is 83.7 Å². The lowest BCUT2D eigenvalue weighted by Gasteiger charge is -2.23. The summed E-state index contributed by atoms with van der Waals surface area (Å²) in [5.41, 5.74) is 2.76. The van der Waals surface area contributed by atoms with Crippen LogP contribution in [-0.2, 0) is 11.3 Å². The second-order valence-electron chi connectivity index (χ2n) is 7.00. The van der Waals surface area contributed by atoms with Crippen molar-refractivity contribution in [1.29, 1.82) is 0 Å². The third-order valence-electron chi connectivity index (χ3n) is 5.12. The van der Waals surface area contributed by atoms with Gasteiger partial charge in [0.15, 0.2) is 11.5 Å². The van der Waals surface area contributed by atoms with Gasteiger partial charge in [0.25, 0.3) is 0 Å². The molecule has 0 saturated heterocycles. The minimum absolute atomic E-state index is 0.0246. The van der Waals surface area contributed by atoms with Crippen LogP contribution in [-0.4, -0.2) is 20.1 Å². The van der Waals surface area contributed by atoms with Crippen LogP contribution in [0.3, 0.4) is 0 Å². The third kappa shape index (κ3) is 4.14. The summed E-state index contributed by atoms with van der Waals surface area (Å²) in [5, 5.41) is -0.0586. The molecule has 0 bridgehead atoms. The number of hydrogen-bond donors (Lipinski definition) is 0. The molecule has 4 rings (SSSR count). The van der Waals surface area contributed by atoms with Gasteiger partial charge in [-0.05, 0) is 47.5 Å². The number of anilines is 1. The Morgan fingerprint density at radius 2 is 1.73 bits per heavy atom. The number of benzene rings is 3. The average molecular weight is 424 g/mol. The van der Waals surface area contributed by atoms with E-state index in [1.54, 1.807) is 43.0 Å². The summed E-state index contributed by atoms with van der Waals surface area (Å²) in [5.74, 6) is 1.04. The number of rotatable bonds is 5. The molecule has 0 unspecified atom stereocenters. The molecule has 0 spiro atoms. The predicted molar refractivity (Wildman–Crippen MR) is 117 cm³/mol. The number of carbonyl (C=O) groups is 1. The Bertz CT molecular complexity index is 1050. The van der Waals surface area contributed by atoms with Crippen LogP contribution in [0.25, 0.3) is 0 Å². The summed E-state index contributed by atoms with van der Waals surface area (Å²) < 4.78 is 24.1. The monoisotopic (exact) mass is 423 g/mol. The molecule has 6 heteroatoms. The third-order valence-corrected chi connectivity index (χ3v) is 6.44. The maximum Gasteiger partial charge on any atom is 0.228 e. The number of amides is 1. The van der Waals surface area contributed by atoms with Crippen molar-refractivity contribution in [3.63, 3.8) is 0 Å². The van der Waals surface area contributed by atoms with Crippen LogP contribution in [0.15, 0.2) is 71.6 Å². The van der Waals surface area contributed by atoms with Crippen molar-refractivity contribution in [2.24, 2.45) is 0 Å². The van der Waals surface area contributed by atoms with E-state index in [0.717, 1.165) is 21.7 Å². The van der Waals surface area contributed by atoms with Crippen molar-refractivity contribution in [2.75, 3.05) is 19.1 Å². The zero-order valence-electron chi connectivity index (χ0n) is 16.8. The summed E-state index contributed by atoms with van der Waals surface area (Å²) in [6.45, 7) is 0.398. The Labute approximate surface area is 179 Å². The highest BCUT2D eigenvalue weighted by Crippen LogP contribution is 2.47. The fourth-order valence-corrected chi connectivity index (χ4v) is 4.83. The fourth-order valence-electron chi connectivity index (χ4n) is 3.56. The molecule has 30 heavy (non-hydrogen) atoms. The number of halogens is 1. The molecule has 3 aromatic carbocycles. The van der Waals surface area contributed by atoms with Crippen LogP contribution >= 0.6 is 11.8 Å². The number of fused-ring (bicyclic) bond motifs is 1. The lowest BCUT2D eigenvalue weighted by molar-refractivity contribution is -0.118. The van der Waals surface area contributed by atoms with Gasteiger partial charge in [-0.25, -0.2) is 4.39 Å². The molecule has 0 radical (unpaired) electrons. The normalized spacial score (nSPS) is 16.0. The predicted octanol–water partition coefficient (Wildman–Crippen LogP) is 5.61. The van der Waals surface area contributed by atoms with Gasteiger partial charge in [-0.1, -0.05) is 30.3 Å². The molecule has 1 amide bonds. The minimum Gasteiger partial charge on any atom is -0.493 e. The van der Waals surface area contributed by atoms with Crippen molar-refractivity contribution in [3.8, 4) is 11.5 Å². The summed E-state index contributed by atoms with van der Waals surface area (Å²) >= 11 is 1.67. The molecule has 0 fully saturated rings. The van der Waals surface area contributed by atoms with Crippen LogP contribution in [0.2, 0.25) is 0 Å². The lowest BCUT2D eigenvalue weighted by atomic mass is 10.1. The molecular weight excluding hydrogens is 401 g/mol. The smallest absolute Gasteiger partial charge is 0.228 e. The van der Waals surface area contributed by atoms with Crippen LogP contribution < -0.4 is 14.4 Å². The largest absolute Gasteiger partial charge is 0.493 e. The summed E-state index contributed by atoms with van der Waals surface area (Å²) in [4.78, 5) is 16.1. The number of hydrogen-bond acceptors (Lipinski definition) is 4. The molecule has 1 atom stereocenters. The van der Waals surface area contributed by atoms with E-state index in [-0.39, 0.29) is 17.0 Å². The zero-order chi connectivity index (χ0) is 21.1. The van der Waals surface area contributed by atoms with E-state index in [1.165, 1.54) is 12.1 Å². The Kier molecular flexibility index (Phi) is 5.95. The Morgan fingerprint density at radius 1 is 1.00 bits per heavy atom. The number of methoxy groups -OCH3 is 2. The van der Waals surface area contributed by atoms with Crippen molar-refractivity contribution in [1.82, 2.24) is 0 Å². The zero-order valence-corrected chi connectivity index (χ0v) is 17.6. The van der Waals surface area contributed by atoms with Gasteiger partial charge in [0, 0.05) is 16.6 Å². The van der Waals surface area contributed by atoms with Gasteiger partial charge in [-0.3, -0.25) is 4.79 Å². The number of nitrogens with zero attached hydrogens (tertiary/aromatic N) is 1. The summed E-state index contributed by atoms with van der Waals surface area (Å²) in [7, 11) is 3.21. The lowest BCUT2D eigenvalue weighted by Crippen LogP contribution is -2.30. The van der Waals surface area contributed by atoms with Gasteiger partial charge in [-0.2, -0.15) is 0 Å². The van der Waals surface area contributed by atoms with E-state index in [1.807, 2.05) is 42.5 Å². The van der Waals surface area contributed by atoms with Crippen LogP contribution in [0.1, 0.15) is 22.8 Å². The van der Waals surface area contributed by atoms with Gasteiger partial charge in [-0.15, -0.1) is 11.8 Å². The quantitative estimate of drug-likeness (QED) is 0.534. The average Bonchev–Trinajstić information content (AvgIpc) is 2.91. The molecule has 4 nitrogen and oxygen atoms in total. The number of thioether (sulfide) groups is 1. The topological polar surface area (TPSA) is 38.8 Å². The van der Waals surface area contributed by atoms with E-state index < -0.39 is 0 Å². The molecule has 0 aliphatic carbocycles. The highest BCUT2D eigenvalue weighted by Gasteiger charge is 2.29. The van der Waals surface area contributed by atoms with E-state index in [0.29, 0.717) is 24.5 Å². The highest BCUT2D eigenvalue weighted by molar-refractivity contribution is 7.99. The molecular formula is C24H22FNO3S. The molecule has 3 aromatic rings. The van der Waals surface area contributed by atoms with Gasteiger partial charge >= 0.3 is 0 Å². The van der Waals surface area contributed by atoms with Gasteiger partial charge in [0.05, 0.1) is 26.5 Å². The number of ether oxygens (including phenoxy) is 2. The van der Waals surface area contributed by atoms with Gasteiger partial charge in [0.2, 0.25) is 5.91 Å². The first-order valence-corrected chi connectivity index (χ1v) is 10.5. The molecule has 0 aromatic heterocycles. The van der Waals surface area contributed by atoms with E-state index in [4.69, 9.17) is 9.47 Å². The first-order valence-electron chi connectivity index (χ1n) is 9.61. The van der Waals surface area contributed by atoms with Crippen LogP contribution in [0.5, 0.6) is 11.5 Å². The van der Waals surface area contributed by atoms with Crippen molar-refractivity contribution < 1.29 is 18.7 Å². The van der Waals surface area contributed by atoms with E-state index in [2.05, 4.69) is 0 Å². The highest BCUT2D eigenvalue weighted by atomic mass is 32.2. The van der Waals surface area contributed by atoms with Gasteiger partial charge in [0.1, 0.15) is 5.82 Å². The maximum atomic E-state index is 13.3. The first kappa shape index (κ1) is 20.3. The molecule has 0 saturated carbocycles. The molecule has 154 valence electrons. The van der Waals surface area contributed by atoms with Crippen LogP contribution in [0.4, 0.5) is 10.1 Å². The number of carbonyl (C=O) groups excluding carboxylic acids is 1.